The normalized spacial score (nSPS) is 11.2. The Labute approximate surface area is 178 Å². The first-order chi connectivity index (χ1) is 13.7. The molecule has 0 bridgehead atoms. The van der Waals surface area contributed by atoms with Crippen LogP contribution in [0.3, 0.4) is 0 Å². The zero-order chi connectivity index (χ0) is 21.4. The summed E-state index contributed by atoms with van der Waals surface area (Å²) in [6.45, 7) is 3.21. The number of para-hydroxylation sites is 1. The van der Waals surface area contributed by atoms with Gasteiger partial charge < -0.3 is 10.2 Å². The standard InChI is InChI=1S/C21H28ClN3O3S/c1-17-19(22)11-7-12-20(17)25(29(3,27)28)15-8-13-21(26)23-14-16-24(2)18-9-5-4-6-10-18/h4-7,9-12H,8,13-16H2,1-3H3,(H,23,26). The number of carbonyl (C=O) groups is 1. The molecule has 2 rings (SSSR count). The third kappa shape index (κ3) is 6.94. The topological polar surface area (TPSA) is 69.7 Å². The fourth-order valence-corrected chi connectivity index (χ4v) is 4.16. The van der Waals surface area contributed by atoms with Crippen molar-refractivity contribution >= 4 is 38.9 Å². The number of hydrogen-bond donors (Lipinski definition) is 1. The van der Waals surface area contributed by atoms with Gasteiger partial charge in [-0.05, 0) is 43.2 Å². The lowest BCUT2D eigenvalue weighted by Gasteiger charge is -2.24. The molecule has 0 aromatic heterocycles. The van der Waals surface area contributed by atoms with Crippen molar-refractivity contribution in [2.45, 2.75) is 19.8 Å². The summed E-state index contributed by atoms with van der Waals surface area (Å²) >= 11 is 6.13. The fourth-order valence-electron chi connectivity index (χ4n) is 2.98. The van der Waals surface area contributed by atoms with Crippen molar-refractivity contribution < 1.29 is 13.2 Å². The van der Waals surface area contributed by atoms with E-state index < -0.39 is 10.0 Å². The number of nitrogens with one attached hydrogen (secondary N) is 1. The van der Waals surface area contributed by atoms with Crippen LogP contribution in [0.2, 0.25) is 5.02 Å². The molecule has 2 aromatic carbocycles. The van der Waals surface area contributed by atoms with Gasteiger partial charge in [0.15, 0.2) is 0 Å². The lowest BCUT2D eigenvalue weighted by molar-refractivity contribution is -0.121. The molecule has 0 saturated carbocycles. The van der Waals surface area contributed by atoms with Crippen LogP contribution in [-0.4, -0.2) is 47.3 Å². The second-order valence-corrected chi connectivity index (χ2v) is 9.24. The van der Waals surface area contributed by atoms with Crippen LogP contribution in [0.5, 0.6) is 0 Å². The molecule has 0 aliphatic heterocycles. The van der Waals surface area contributed by atoms with Crippen LogP contribution in [0.25, 0.3) is 0 Å². The number of sulfonamides is 1. The smallest absolute Gasteiger partial charge is 0.232 e. The van der Waals surface area contributed by atoms with Crippen LogP contribution in [-0.2, 0) is 14.8 Å². The molecular weight excluding hydrogens is 410 g/mol. The maximum atomic E-state index is 12.2. The highest BCUT2D eigenvalue weighted by Crippen LogP contribution is 2.28. The molecule has 0 fully saturated rings. The zero-order valence-electron chi connectivity index (χ0n) is 17.1. The van der Waals surface area contributed by atoms with Gasteiger partial charge in [0.2, 0.25) is 15.9 Å². The Kier molecular flexibility index (Phi) is 8.34. The second kappa shape index (κ2) is 10.5. The van der Waals surface area contributed by atoms with E-state index in [1.165, 1.54) is 4.31 Å². The minimum absolute atomic E-state index is 0.0947. The van der Waals surface area contributed by atoms with E-state index in [9.17, 15) is 13.2 Å². The molecule has 1 amide bonds. The summed E-state index contributed by atoms with van der Waals surface area (Å²) in [7, 11) is -1.51. The number of likely N-dealkylation sites (N-methyl/N-ethyl adjacent to an activating group) is 1. The molecule has 8 heteroatoms. The SMILES string of the molecule is Cc1c(Cl)cccc1N(CCCC(=O)NCCN(C)c1ccccc1)S(C)(=O)=O. The van der Waals surface area contributed by atoms with Gasteiger partial charge in [0.25, 0.3) is 0 Å². The Morgan fingerprint density at radius 2 is 1.76 bits per heavy atom. The molecular formula is C21H28ClN3O3S. The summed E-state index contributed by atoms with van der Waals surface area (Å²) in [4.78, 5) is 14.2. The zero-order valence-corrected chi connectivity index (χ0v) is 18.6. The summed E-state index contributed by atoms with van der Waals surface area (Å²) in [5.74, 6) is -0.0947. The van der Waals surface area contributed by atoms with Gasteiger partial charge in [-0.3, -0.25) is 9.10 Å². The Bertz CT molecular complexity index is 920. The number of halogens is 1. The van der Waals surface area contributed by atoms with Crippen molar-refractivity contribution in [1.29, 1.82) is 0 Å². The highest BCUT2D eigenvalue weighted by Gasteiger charge is 2.20. The van der Waals surface area contributed by atoms with E-state index in [4.69, 9.17) is 11.6 Å². The molecule has 158 valence electrons. The van der Waals surface area contributed by atoms with Crippen molar-refractivity contribution in [2.24, 2.45) is 0 Å². The Balaban J connectivity index is 1.83. The highest BCUT2D eigenvalue weighted by molar-refractivity contribution is 7.92. The maximum absolute atomic E-state index is 12.2. The summed E-state index contributed by atoms with van der Waals surface area (Å²) in [5.41, 5.74) is 2.33. The third-order valence-electron chi connectivity index (χ3n) is 4.64. The van der Waals surface area contributed by atoms with Gasteiger partial charge >= 0.3 is 0 Å². The van der Waals surface area contributed by atoms with E-state index in [2.05, 4.69) is 10.2 Å². The monoisotopic (exact) mass is 437 g/mol. The third-order valence-corrected chi connectivity index (χ3v) is 6.23. The number of rotatable bonds is 10. The molecule has 6 nitrogen and oxygen atoms in total. The van der Waals surface area contributed by atoms with Crippen molar-refractivity contribution in [3.8, 4) is 0 Å². The first-order valence-electron chi connectivity index (χ1n) is 9.46. The van der Waals surface area contributed by atoms with Gasteiger partial charge in [-0.25, -0.2) is 8.42 Å². The van der Waals surface area contributed by atoms with Crippen molar-refractivity contribution in [3.05, 3.63) is 59.1 Å². The van der Waals surface area contributed by atoms with E-state index in [1.54, 1.807) is 25.1 Å². The minimum Gasteiger partial charge on any atom is -0.373 e. The van der Waals surface area contributed by atoms with Gasteiger partial charge in [0.1, 0.15) is 0 Å². The van der Waals surface area contributed by atoms with Gasteiger partial charge in [-0.15, -0.1) is 0 Å². The first-order valence-corrected chi connectivity index (χ1v) is 11.7. The Morgan fingerprint density at radius 1 is 1.07 bits per heavy atom. The summed E-state index contributed by atoms with van der Waals surface area (Å²) in [6.07, 6.45) is 1.83. The van der Waals surface area contributed by atoms with Crippen molar-refractivity contribution in [2.75, 3.05) is 42.1 Å². The number of amides is 1. The molecule has 0 unspecified atom stereocenters. The Hall–Kier alpha value is -2.25. The predicted octanol–water partition coefficient (Wildman–Crippen LogP) is 3.45. The van der Waals surface area contributed by atoms with Gasteiger partial charge in [0, 0.05) is 43.8 Å². The van der Waals surface area contributed by atoms with Crippen molar-refractivity contribution in [3.63, 3.8) is 0 Å². The van der Waals surface area contributed by atoms with Crippen LogP contribution in [0.4, 0.5) is 11.4 Å². The molecule has 0 saturated heterocycles. The highest BCUT2D eigenvalue weighted by atomic mass is 35.5. The van der Waals surface area contributed by atoms with Gasteiger partial charge in [-0.2, -0.15) is 0 Å². The molecule has 2 aromatic rings. The maximum Gasteiger partial charge on any atom is 0.232 e. The fraction of sp³-hybridized carbons (Fsp3) is 0.381. The predicted molar refractivity (Wildman–Crippen MR) is 120 cm³/mol. The average Bonchev–Trinajstić information content (AvgIpc) is 2.67. The number of nitrogens with zero attached hydrogens (tertiary/aromatic N) is 2. The average molecular weight is 438 g/mol. The van der Waals surface area contributed by atoms with Crippen LogP contribution >= 0.6 is 11.6 Å². The minimum atomic E-state index is -3.48. The first kappa shape index (κ1) is 23.0. The molecule has 0 aliphatic rings. The van der Waals surface area contributed by atoms with E-state index in [0.29, 0.717) is 35.8 Å². The number of hydrogen-bond acceptors (Lipinski definition) is 4. The van der Waals surface area contributed by atoms with Crippen molar-refractivity contribution in [1.82, 2.24) is 5.32 Å². The van der Waals surface area contributed by atoms with E-state index >= 15 is 0 Å². The summed E-state index contributed by atoms with van der Waals surface area (Å²) in [5, 5.41) is 3.40. The van der Waals surface area contributed by atoms with Crippen LogP contribution in [0.15, 0.2) is 48.5 Å². The number of benzene rings is 2. The summed E-state index contributed by atoms with van der Waals surface area (Å²) < 4.78 is 25.8. The molecule has 0 atom stereocenters. The number of carbonyl (C=O) groups excluding carboxylic acids is 1. The van der Waals surface area contributed by atoms with Crippen LogP contribution in [0.1, 0.15) is 18.4 Å². The van der Waals surface area contributed by atoms with Crippen LogP contribution in [0, 0.1) is 6.92 Å². The molecule has 0 aliphatic carbocycles. The lowest BCUT2D eigenvalue weighted by Crippen LogP contribution is -2.34. The van der Waals surface area contributed by atoms with E-state index in [0.717, 1.165) is 11.9 Å². The molecule has 0 heterocycles. The largest absolute Gasteiger partial charge is 0.373 e. The Morgan fingerprint density at radius 3 is 2.41 bits per heavy atom. The molecule has 29 heavy (non-hydrogen) atoms. The van der Waals surface area contributed by atoms with E-state index in [-0.39, 0.29) is 18.9 Å². The molecule has 0 radical (unpaired) electrons. The second-order valence-electron chi connectivity index (χ2n) is 6.93. The summed E-state index contributed by atoms with van der Waals surface area (Å²) in [6, 6.07) is 15.1. The number of anilines is 2. The van der Waals surface area contributed by atoms with Gasteiger partial charge in [0.05, 0.1) is 11.9 Å². The lowest BCUT2D eigenvalue weighted by atomic mass is 10.2. The van der Waals surface area contributed by atoms with E-state index in [1.807, 2.05) is 37.4 Å². The van der Waals surface area contributed by atoms with Crippen LogP contribution < -0.4 is 14.5 Å². The molecule has 1 N–H and O–H groups in total. The molecule has 0 spiro atoms. The quantitative estimate of drug-likeness (QED) is 0.618. The van der Waals surface area contributed by atoms with Gasteiger partial charge in [-0.1, -0.05) is 35.9 Å².